The van der Waals surface area contributed by atoms with Gasteiger partial charge >= 0.3 is 0 Å². The van der Waals surface area contributed by atoms with E-state index in [9.17, 15) is 0 Å². The summed E-state index contributed by atoms with van der Waals surface area (Å²) in [5.41, 5.74) is 8.57. The monoisotopic (exact) mass is 347 g/mol. The van der Waals surface area contributed by atoms with E-state index in [1.165, 1.54) is 5.56 Å². The van der Waals surface area contributed by atoms with Crippen LogP contribution < -0.4 is 5.73 Å². The molecule has 2 rings (SSSR count). The van der Waals surface area contributed by atoms with Gasteiger partial charge in [0, 0.05) is 23.3 Å². The molecule has 2 atom stereocenters. The highest BCUT2D eigenvalue weighted by molar-refractivity contribution is 9.10. The predicted octanol–water partition coefficient (Wildman–Crippen LogP) is 3.75. The van der Waals surface area contributed by atoms with E-state index in [0.29, 0.717) is 0 Å². The van der Waals surface area contributed by atoms with Crippen LogP contribution in [0.2, 0.25) is 0 Å². The first-order chi connectivity index (χ1) is 10.1. The van der Waals surface area contributed by atoms with Crippen LogP contribution in [0.5, 0.6) is 0 Å². The molecule has 1 aromatic heterocycles. The van der Waals surface area contributed by atoms with Gasteiger partial charge in [0.1, 0.15) is 0 Å². The van der Waals surface area contributed by atoms with Gasteiger partial charge in [-0.05, 0) is 43.3 Å². The number of nitrogens with zero attached hydrogens (tertiary/aromatic N) is 2. The molecule has 21 heavy (non-hydrogen) atoms. The van der Waals surface area contributed by atoms with E-state index in [1.807, 2.05) is 24.4 Å². The summed E-state index contributed by atoms with van der Waals surface area (Å²) in [6.45, 7) is 5.95. The molecule has 0 radical (unpaired) electrons. The van der Waals surface area contributed by atoms with Crippen molar-refractivity contribution in [1.29, 1.82) is 0 Å². The van der Waals surface area contributed by atoms with Crippen LogP contribution in [0.25, 0.3) is 0 Å². The van der Waals surface area contributed by atoms with Crippen LogP contribution in [0, 0.1) is 0 Å². The fourth-order valence-corrected chi connectivity index (χ4v) is 3.06. The van der Waals surface area contributed by atoms with Crippen molar-refractivity contribution in [3.63, 3.8) is 0 Å². The number of benzene rings is 1. The number of pyridine rings is 1. The van der Waals surface area contributed by atoms with Crippen molar-refractivity contribution in [1.82, 2.24) is 9.88 Å². The highest BCUT2D eigenvalue weighted by Gasteiger charge is 2.23. The van der Waals surface area contributed by atoms with E-state index in [2.05, 4.69) is 63.9 Å². The van der Waals surface area contributed by atoms with Crippen LogP contribution in [-0.2, 0) is 6.54 Å². The minimum absolute atomic E-state index is 0.0444. The Morgan fingerprint density at radius 1 is 1.24 bits per heavy atom. The number of halogens is 1. The molecule has 0 bridgehead atoms. The minimum atomic E-state index is 0.0444. The molecule has 2 unspecified atom stereocenters. The minimum Gasteiger partial charge on any atom is -0.326 e. The molecule has 4 heteroatoms. The van der Waals surface area contributed by atoms with Crippen LogP contribution in [0.15, 0.2) is 53.1 Å². The molecule has 2 N–H and O–H groups in total. The molecule has 0 aliphatic carbocycles. The fourth-order valence-electron chi connectivity index (χ4n) is 2.64. The zero-order valence-electron chi connectivity index (χ0n) is 12.5. The summed E-state index contributed by atoms with van der Waals surface area (Å²) in [5.74, 6) is 0. The van der Waals surface area contributed by atoms with Gasteiger partial charge in [-0.2, -0.15) is 0 Å². The summed E-state index contributed by atoms with van der Waals surface area (Å²) in [6, 6.07) is 14.6. The summed E-state index contributed by atoms with van der Waals surface area (Å²) in [5, 5.41) is 0. The Morgan fingerprint density at radius 2 is 2.05 bits per heavy atom. The summed E-state index contributed by atoms with van der Waals surface area (Å²) < 4.78 is 1.08. The van der Waals surface area contributed by atoms with Crippen molar-refractivity contribution in [2.24, 2.45) is 5.73 Å². The molecule has 3 nitrogen and oxygen atoms in total. The maximum absolute atomic E-state index is 6.27. The molecule has 0 aliphatic heterocycles. The van der Waals surface area contributed by atoms with Gasteiger partial charge in [-0.15, -0.1) is 0 Å². The van der Waals surface area contributed by atoms with Crippen molar-refractivity contribution in [3.8, 4) is 0 Å². The first kappa shape index (κ1) is 16.1. The standard InChI is InChI=1S/C17H22BrN3/c1-3-21(12-16-9-4-5-10-20-16)17(13(2)19)14-7-6-8-15(18)11-14/h4-11,13,17H,3,12,19H2,1-2H3. The van der Waals surface area contributed by atoms with E-state index in [1.54, 1.807) is 0 Å². The Labute approximate surface area is 135 Å². The van der Waals surface area contributed by atoms with E-state index in [-0.39, 0.29) is 12.1 Å². The van der Waals surface area contributed by atoms with Crippen LogP contribution in [0.1, 0.15) is 31.1 Å². The third-order valence-electron chi connectivity index (χ3n) is 3.58. The Kier molecular flexibility index (Phi) is 5.91. The lowest BCUT2D eigenvalue weighted by Crippen LogP contribution is -2.39. The van der Waals surface area contributed by atoms with Gasteiger partial charge in [-0.25, -0.2) is 0 Å². The van der Waals surface area contributed by atoms with Gasteiger partial charge in [-0.3, -0.25) is 9.88 Å². The van der Waals surface area contributed by atoms with Crippen LogP contribution in [0.4, 0.5) is 0 Å². The van der Waals surface area contributed by atoms with Crippen molar-refractivity contribution in [3.05, 3.63) is 64.4 Å². The molecule has 0 saturated carbocycles. The van der Waals surface area contributed by atoms with Gasteiger partial charge in [0.25, 0.3) is 0 Å². The lowest BCUT2D eigenvalue weighted by Gasteiger charge is -2.33. The van der Waals surface area contributed by atoms with Crippen molar-refractivity contribution >= 4 is 15.9 Å². The molecular weight excluding hydrogens is 326 g/mol. The largest absolute Gasteiger partial charge is 0.326 e. The van der Waals surface area contributed by atoms with Crippen molar-refractivity contribution < 1.29 is 0 Å². The Hall–Kier alpha value is -1.23. The topological polar surface area (TPSA) is 42.2 Å². The number of hydrogen-bond donors (Lipinski definition) is 1. The number of likely N-dealkylation sites (N-methyl/N-ethyl adjacent to an activating group) is 1. The Bertz CT molecular complexity index is 557. The Balaban J connectivity index is 2.26. The molecule has 0 saturated heterocycles. The second-order valence-electron chi connectivity index (χ2n) is 5.24. The smallest absolute Gasteiger partial charge is 0.0544 e. The molecule has 0 aliphatic rings. The van der Waals surface area contributed by atoms with E-state index in [4.69, 9.17) is 5.73 Å². The molecular formula is C17H22BrN3. The average Bonchev–Trinajstić information content (AvgIpc) is 2.47. The highest BCUT2D eigenvalue weighted by atomic mass is 79.9. The van der Waals surface area contributed by atoms with Crippen molar-refractivity contribution in [2.75, 3.05) is 6.54 Å². The SMILES string of the molecule is CCN(Cc1ccccn1)C(c1cccc(Br)c1)C(C)N. The van der Waals surface area contributed by atoms with Gasteiger partial charge < -0.3 is 5.73 Å². The molecule has 0 spiro atoms. The summed E-state index contributed by atoms with van der Waals surface area (Å²) in [6.07, 6.45) is 1.84. The zero-order valence-corrected chi connectivity index (χ0v) is 14.1. The van der Waals surface area contributed by atoms with Crippen molar-refractivity contribution in [2.45, 2.75) is 32.5 Å². The summed E-state index contributed by atoms with van der Waals surface area (Å²) in [4.78, 5) is 6.80. The number of rotatable bonds is 6. The van der Waals surface area contributed by atoms with Gasteiger partial charge in [0.2, 0.25) is 0 Å². The second kappa shape index (κ2) is 7.69. The summed E-state index contributed by atoms with van der Waals surface area (Å²) >= 11 is 3.55. The first-order valence-corrected chi connectivity index (χ1v) is 8.06. The Morgan fingerprint density at radius 3 is 2.62 bits per heavy atom. The van der Waals surface area contributed by atoms with Gasteiger partial charge in [0.05, 0.1) is 11.7 Å². The summed E-state index contributed by atoms with van der Waals surface area (Å²) in [7, 11) is 0. The third-order valence-corrected chi connectivity index (χ3v) is 4.07. The van der Waals surface area contributed by atoms with Gasteiger partial charge in [-0.1, -0.05) is 41.1 Å². The van der Waals surface area contributed by atoms with Crippen LogP contribution in [0.3, 0.4) is 0 Å². The predicted molar refractivity (Wildman–Crippen MR) is 90.9 cm³/mol. The fraction of sp³-hybridized carbons (Fsp3) is 0.353. The quantitative estimate of drug-likeness (QED) is 0.864. The molecule has 1 heterocycles. The number of nitrogens with two attached hydrogens (primary N) is 1. The molecule has 0 fully saturated rings. The molecule has 0 amide bonds. The van der Waals surface area contributed by atoms with E-state index in [0.717, 1.165) is 23.3 Å². The molecule has 112 valence electrons. The highest BCUT2D eigenvalue weighted by Crippen LogP contribution is 2.27. The van der Waals surface area contributed by atoms with E-state index < -0.39 is 0 Å². The molecule has 2 aromatic rings. The third kappa shape index (κ3) is 4.37. The lowest BCUT2D eigenvalue weighted by atomic mass is 9.99. The number of hydrogen-bond acceptors (Lipinski definition) is 3. The zero-order chi connectivity index (χ0) is 15.2. The maximum atomic E-state index is 6.27. The normalized spacial score (nSPS) is 14.1. The first-order valence-electron chi connectivity index (χ1n) is 7.26. The van der Waals surface area contributed by atoms with Crippen LogP contribution >= 0.6 is 15.9 Å². The average molecular weight is 348 g/mol. The maximum Gasteiger partial charge on any atom is 0.0544 e. The van der Waals surface area contributed by atoms with Gasteiger partial charge in [0.15, 0.2) is 0 Å². The van der Waals surface area contributed by atoms with E-state index >= 15 is 0 Å². The number of aromatic nitrogens is 1. The lowest BCUT2D eigenvalue weighted by molar-refractivity contribution is 0.175. The second-order valence-corrected chi connectivity index (χ2v) is 6.16. The van der Waals surface area contributed by atoms with Crippen LogP contribution in [-0.4, -0.2) is 22.5 Å². The molecule has 1 aromatic carbocycles.